The normalized spacial score (nSPS) is 12.5. The lowest BCUT2D eigenvalue weighted by Gasteiger charge is -2.18. The van der Waals surface area contributed by atoms with Crippen LogP contribution < -0.4 is 0 Å². The van der Waals surface area contributed by atoms with Crippen LogP contribution in [-0.2, 0) is 28.6 Å². The molecule has 0 rings (SSSR count). The van der Waals surface area contributed by atoms with Crippen molar-refractivity contribution in [2.24, 2.45) is 11.8 Å². The fourth-order valence-electron chi connectivity index (χ4n) is 7.43. The Kier molecular flexibility index (Phi) is 41.8. The largest absolute Gasteiger partial charge is 0.462 e. The second kappa shape index (κ2) is 43.0. The van der Waals surface area contributed by atoms with E-state index in [1.54, 1.807) is 0 Å². The maximum absolute atomic E-state index is 12.7. The molecule has 0 heterocycles. The molecular weight excluding hydrogens is 697 g/mol. The van der Waals surface area contributed by atoms with E-state index in [0.717, 1.165) is 69.6 Å². The molecule has 0 aliphatic carbocycles. The average Bonchev–Trinajstić information content (AvgIpc) is 3.18. The third kappa shape index (κ3) is 42.0. The van der Waals surface area contributed by atoms with Crippen LogP contribution in [0.1, 0.15) is 272 Å². The van der Waals surface area contributed by atoms with Gasteiger partial charge < -0.3 is 14.2 Å². The molecule has 0 spiro atoms. The van der Waals surface area contributed by atoms with Gasteiger partial charge in [0.25, 0.3) is 0 Å². The molecule has 0 bridgehead atoms. The molecule has 56 heavy (non-hydrogen) atoms. The van der Waals surface area contributed by atoms with Gasteiger partial charge in [0.2, 0.25) is 0 Å². The zero-order chi connectivity index (χ0) is 41.2. The van der Waals surface area contributed by atoms with E-state index in [1.807, 2.05) is 0 Å². The number of rotatable bonds is 44. The SMILES string of the molecule is CCCCCCCCCCCC(=O)OC[C@H](COC(=O)CCCCCCCCCCCCCCCCC(C)CC)OC(=O)CCCCCCCCCCC(C)C. The second-order valence-electron chi connectivity index (χ2n) is 17.8. The molecule has 0 aromatic carbocycles. The van der Waals surface area contributed by atoms with Crippen molar-refractivity contribution >= 4 is 17.9 Å². The van der Waals surface area contributed by atoms with Gasteiger partial charge >= 0.3 is 17.9 Å². The zero-order valence-electron chi connectivity index (χ0n) is 38.3. The van der Waals surface area contributed by atoms with Gasteiger partial charge in [0, 0.05) is 19.3 Å². The summed E-state index contributed by atoms with van der Waals surface area (Å²) in [6.45, 7) is 11.4. The summed E-state index contributed by atoms with van der Waals surface area (Å²) in [5, 5.41) is 0. The van der Waals surface area contributed by atoms with E-state index in [9.17, 15) is 14.4 Å². The molecule has 0 aromatic rings. The number of carbonyl (C=O) groups excluding carboxylic acids is 3. The van der Waals surface area contributed by atoms with Gasteiger partial charge in [0.05, 0.1) is 0 Å². The number of hydrogen-bond donors (Lipinski definition) is 0. The highest BCUT2D eigenvalue weighted by molar-refractivity contribution is 5.71. The van der Waals surface area contributed by atoms with Gasteiger partial charge in [0.15, 0.2) is 6.10 Å². The van der Waals surface area contributed by atoms with Crippen LogP contribution in [-0.4, -0.2) is 37.2 Å². The summed E-state index contributed by atoms with van der Waals surface area (Å²) >= 11 is 0. The molecule has 0 saturated carbocycles. The highest BCUT2D eigenvalue weighted by Crippen LogP contribution is 2.17. The molecule has 332 valence electrons. The van der Waals surface area contributed by atoms with Crippen molar-refractivity contribution in [3.8, 4) is 0 Å². The van der Waals surface area contributed by atoms with E-state index in [1.165, 1.54) is 161 Å². The Labute approximate surface area is 348 Å². The van der Waals surface area contributed by atoms with Gasteiger partial charge in [0.1, 0.15) is 13.2 Å². The summed E-state index contributed by atoms with van der Waals surface area (Å²) in [6.07, 6.45) is 42.3. The quantitative estimate of drug-likeness (QED) is 0.0347. The molecule has 0 N–H and O–H groups in total. The van der Waals surface area contributed by atoms with Gasteiger partial charge in [-0.15, -0.1) is 0 Å². The summed E-state index contributed by atoms with van der Waals surface area (Å²) in [5.41, 5.74) is 0. The van der Waals surface area contributed by atoms with Gasteiger partial charge in [-0.3, -0.25) is 14.4 Å². The predicted molar refractivity (Wildman–Crippen MR) is 238 cm³/mol. The smallest absolute Gasteiger partial charge is 0.306 e. The number of carbonyl (C=O) groups is 3. The van der Waals surface area contributed by atoms with Crippen molar-refractivity contribution in [2.45, 2.75) is 278 Å². The fourth-order valence-corrected chi connectivity index (χ4v) is 7.43. The standard InChI is InChI=1S/C50H96O6/c1-6-8-9-10-11-18-25-30-35-40-48(51)54-43-47(56-50(53)42-37-32-27-22-21-23-28-33-38-45(3)4)44-55-49(52)41-36-31-26-20-17-15-13-12-14-16-19-24-29-34-39-46(5)7-2/h45-47H,6-44H2,1-5H3/t46?,47-/m1/s1. The first-order valence-electron chi connectivity index (χ1n) is 24.8. The summed E-state index contributed by atoms with van der Waals surface area (Å²) in [4.78, 5) is 37.8. The molecule has 0 radical (unpaired) electrons. The third-order valence-electron chi connectivity index (χ3n) is 11.6. The first kappa shape index (κ1) is 54.4. The third-order valence-corrected chi connectivity index (χ3v) is 11.6. The van der Waals surface area contributed by atoms with Crippen molar-refractivity contribution in [1.82, 2.24) is 0 Å². The Bertz CT molecular complexity index is 856. The Morgan fingerprint density at radius 1 is 0.375 bits per heavy atom. The molecule has 0 aromatic heterocycles. The minimum absolute atomic E-state index is 0.0646. The minimum atomic E-state index is -0.760. The van der Waals surface area contributed by atoms with Crippen LogP contribution in [0.5, 0.6) is 0 Å². The molecule has 1 unspecified atom stereocenters. The summed E-state index contributed by atoms with van der Waals surface area (Å²) in [6, 6.07) is 0. The van der Waals surface area contributed by atoms with E-state index >= 15 is 0 Å². The van der Waals surface area contributed by atoms with Crippen LogP contribution in [0, 0.1) is 11.8 Å². The van der Waals surface area contributed by atoms with Gasteiger partial charge in [-0.2, -0.15) is 0 Å². The van der Waals surface area contributed by atoms with Crippen molar-refractivity contribution in [2.75, 3.05) is 13.2 Å². The van der Waals surface area contributed by atoms with Gasteiger partial charge in [-0.25, -0.2) is 0 Å². The van der Waals surface area contributed by atoms with Crippen molar-refractivity contribution in [3.63, 3.8) is 0 Å². The minimum Gasteiger partial charge on any atom is -0.462 e. The Morgan fingerprint density at radius 2 is 0.679 bits per heavy atom. The van der Waals surface area contributed by atoms with E-state index in [0.29, 0.717) is 19.3 Å². The lowest BCUT2D eigenvalue weighted by molar-refractivity contribution is -0.167. The fraction of sp³-hybridized carbons (Fsp3) is 0.940. The van der Waals surface area contributed by atoms with Crippen LogP contribution in [0.3, 0.4) is 0 Å². The van der Waals surface area contributed by atoms with Crippen molar-refractivity contribution in [3.05, 3.63) is 0 Å². The molecule has 0 fully saturated rings. The number of unbranched alkanes of at least 4 members (excludes halogenated alkanes) is 28. The van der Waals surface area contributed by atoms with Gasteiger partial charge in [-0.05, 0) is 31.1 Å². The summed E-state index contributed by atoms with van der Waals surface area (Å²) in [7, 11) is 0. The van der Waals surface area contributed by atoms with E-state index in [4.69, 9.17) is 14.2 Å². The molecule has 0 aliphatic rings. The molecule has 6 heteroatoms. The molecular formula is C50H96O6. The first-order valence-corrected chi connectivity index (χ1v) is 24.8. The Hall–Kier alpha value is -1.59. The summed E-state index contributed by atoms with van der Waals surface area (Å²) < 4.78 is 16.7. The molecule has 0 saturated heterocycles. The second-order valence-corrected chi connectivity index (χ2v) is 17.8. The van der Waals surface area contributed by atoms with Crippen LogP contribution in [0.15, 0.2) is 0 Å². The van der Waals surface area contributed by atoms with Crippen LogP contribution >= 0.6 is 0 Å². The average molecular weight is 793 g/mol. The van der Waals surface area contributed by atoms with E-state index in [2.05, 4.69) is 34.6 Å². The number of esters is 3. The van der Waals surface area contributed by atoms with Crippen LogP contribution in [0.25, 0.3) is 0 Å². The zero-order valence-corrected chi connectivity index (χ0v) is 38.3. The molecule has 0 amide bonds. The van der Waals surface area contributed by atoms with Crippen molar-refractivity contribution < 1.29 is 28.6 Å². The molecule has 2 atom stereocenters. The highest BCUT2D eigenvalue weighted by atomic mass is 16.6. The predicted octanol–water partition coefficient (Wildman–Crippen LogP) is 15.8. The van der Waals surface area contributed by atoms with Crippen LogP contribution in [0.2, 0.25) is 0 Å². The maximum Gasteiger partial charge on any atom is 0.306 e. The molecule has 0 aliphatic heterocycles. The number of ether oxygens (including phenoxy) is 3. The monoisotopic (exact) mass is 793 g/mol. The number of hydrogen-bond acceptors (Lipinski definition) is 6. The Balaban J connectivity index is 4.24. The Morgan fingerprint density at radius 3 is 1.02 bits per heavy atom. The lowest BCUT2D eigenvalue weighted by Crippen LogP contribution is -2.30. The highest BCUT2D eigenvalue weighted by Gasteiger charge is 2.19. The van der Waals surface area contributed by atoms with E-state index < -0.39 is 6.10 Å². The van der Waals surface area contributed by atoms with Gasteiger partial charge in [-0.1, -0.05) is 234 Å². The maximum atomic E-state index is 12.7. The lowest BCUT2D eigenvalue weighted by atomic mass is 9.99. The van der Waals surface area contributed by atoms with E-state index in [-0.39, 0.29) is 31.1 Å². The molecule has 6 nitrogen and oxygen atoms in total. The van der Waals surface area contributed by atoms with Crippen LogP contribution in [0.4, 0.5) is 0 Å². The van der Waals surface area contributed by atoms with Crippen molar-refractivity contribution in [1.29, 1.82) is 0 Å². The summed E-state index contributed by atoms with van der Waals surface area (Å²) in [5.74, 6) is 0.833. The first-order chi connectivity index (χ1) is 27.3. The topological polar surface area (TPSA) is 78.9 Å².